The minimum atomic E-state index is 0.910. The lowest BCUT2D eigenvalue weighted by molar-refractivity contribution is 0.911. The van der Waals surface area contributed by atoms with Crippen molar-refractivity contribution < 1.29 is 0 Å². The van der Waals surface area contributed by atoms with Crippen molar-refractivity contribution in [3.05, 3.63) is 62.7 Å². The number of hydrogen-bond acceptors (Lipinski definition) is 1. The van der Waals surface area contributed by atoms with Crippen LogP contribution in [0.3, 0.4) is 0 Å². The molecule has 3 rings (SSSR count). The Bertz CT molecular complexity index is 563. The van der Waals surface area contributed by atoms with Gasteiger partial charge in [0, 0.05) is 15.8 Å². The highest BCUT2D eigenvalue weighted by Crippen LogP contribution is 2.23. The van der Waals surface area contributed by atoms with Gasteiger partial charge in [0.25, 0.3) is 0 Å². The zero-order valence-corrected chi connectivity index (χ0v) is 12.4. The summed E-state index contributed by atoms with van der Waals surface area (Å²) in [7, 11) is 0. The van der Waals surface area contributed by atoms with Gasteiger partial charge in [-0.2, -0.15) is 0 Å². The molecule has 0 aliphatic heterocycles. The molecule has 1 aliphatic rings. The third-order valence-corrected chi connectivity index (χ3v) is 4.16. The maximum absolute atomic E-state index is 3.49. The molecule has 0 radical (unpaired) electrons. The fourth-order valence-corrected chi connectivity index (χ4v) is 3.08. The highest BCUT2D eigenvalue weighted by Gasteiger charge is 2.10. The van der Waals surface area contributed by atoms with Crippen LogP contribution >= 0.6 is 22.6 Å². The average molecular weight is 349 g/mol. The lowest BCUT2D eigenvalue weighted by atomic mass is 10.1. The van der Waals surface area contributed by atoms with Crippen LogP contribution in [0.1, 0.15) is 23.1 Å². The maximum Gasteiger partial charge on any atom is 0.0400 e. The van der Waals surface area contributed by atoms with Crippen LogP contribution < -0.4 is 5.32 Å². The van der Waals surface area contributed by atoms with E-state index in [4.69, 9.17) is 0 Å². The van der Waals surface area contributed by atoms with E-state index < -0.39 is 0 Å². The maximum atomic E-state index is 3.49. The van der Waals surface area contributed by atoms with Gasteiger partial charge in [-0.15, -0.1) is 0 Å². The van der Waals surface area contributed by atoms with Crippen molar-refractivity contribution in [2.24, 2.45) is 0 Å². The summed E-state index contributed by atoms with van der Waals surface area (Å²) in [4.78, 5) is 0. The average Bonchev–Trinajstić information content (AvgIpc) is 2.84. The Labute approximate surface area is 122 Å². The molecule has 18 heavy (non-hydrogen) atoms. The number of aryl methyl sites for hydroxylation is 2. The Morgan fingerprint density at radius 3 is 2.78 bits per heavy atom. The van der Waals surface area contributed by atoms with E-state index in [1.54, 1.807) is 11.1 Å². The van der Waals surface area contributed by atoms with Gasteiger partial charge in [-0.3, -0.25) is 0 Å². The monoisotopic (exact) mass is 349 g/mol. The van der Waals surface area contributed by atoms with Gasteiger partial charge < -0.3 is 5.32 Å². The van der Waals surface area contributed by atoms with E-state index in [1.165, 1.54) is 34.1 Å². The second kappa shape index (κ2) is 5.31. The molecule has 0 spiro atoms. The summed E-state index contributed by atoms with van der Waals surface area (Å²) in [6.45, 7) is 0.910. The standard InChI is InChI=1S/C16H16IN/c17-15-5-2-6-16(10-15)18-11-12-7-8-13-3-1-4-14(13)9-12/h2,5-10,18H,1,3-4,11H2. The fourth-order valence-electron chi connectivity index (χ4n) is 2.54. The largest absolute Gasteiger partial charge is 0.381 e. The minimum Gasteiger partial charge on any atom is -0.381 e. The number of halogens is 1. The van der Waals surface area contributed by atoms with Gasteiger partial charge in [0.1, 0.15) is 0 Å². The molecule has 0 heterocycles. The predicted molar refractivity (Wildman–Crippen MR) is 85.0 cm³/mol. The third kappa shape index (κ3) is 2.69. The molecule has 2 aromatic rings. The number of anilines is 1. The van der Waals surface area contributed by atoms with Gasteiger partial charge in [-0.25, -0.2) is 0 Å². The number of rotatable bonds is 3. The first kappa shape index (κ1) is 12.0. The van der Waals surface area contributed by atoms with Crippen molar-refractivity contribution in [3.8, 4) is 0 Å². The van der Waals surface area contributed by atoms with Gasteiger partial charge in [0.15, 0.2) is 0 Å². The predicted octanol–water partition coefficient (Wildman–Crippen LogP) is 4.39. The van der Waals surface area contributed by atoms with Crippen molar-refractivity contribution in [2.45, 2.75) is 25.8 Å². The first-order valence-electron chi connectivity index (χ1n) is 6.41. The Hall–Kier alpha value is -1.03. The van der Waals surface area contributed by atoms with E-state index >= 15 is 0 Å². The molecule has 0 atom stereocenters. The quantitative estimate of drug-likeness (QED) is 0.811. The topological polar surface area (TPSA) is 12.0 Å². The highest BCUT2D eigenvalue weighted by atomic mass is 127. The molecule has 0 fully saturated rings. The minimum absolute atomic E-state index is 0.910. The first-order chi connectivity index (χ1) is 8.81. The van der Waals surface area contributed by atoms with Crippen LogP contribution in [0.2, 0.25) is 0 Å². The lowest BCUT2D eigenvalue weighted by Gasteiger charge is -2.08. The molecule has 1 N–H and O–H groups in total. The summed E-state index contributed by atoms with van der Waals surface area (Å²) < 4.78 is 1.27. The summed E-state index contributed by atoms with van der Waals surface area (Å²) in [6.07, 6.45) is 3.84. The van der Waals surface area contributed by atoms with Gasteiger partial charge in [-0.1, -0.05) is 24.3 Å². The smallest absolute Gasteiger partial charge is 0.0400 e. The second-order valence-corrected chi connectivity index (χ2v) is 6.07. The normalized spacial score (nSPS) is 13.4. The Kier molecular flexibility index (Phi) is 3.55. The molecule has 92 valence electrons. The Morgan fingerprint density at radius 1 is 1.00 bits per heavy atom. The molecule has 0 saturated carbocycles. The van der Waals surface area contributed by atoms with Crippen LogP contribution in [0.5, 0.6) is 0 Å². The molecule has 2 heteroatoms. The summed E-state index contributed by atoms with van der Waals surface area (Å²) in [5.74, 6) is 0. The highest BCUT2D eigenvalue weighted by molar-refractivity contribution is 14.1. The first-order valence-corrected chi connectivity index (χ1v) is 7.49. The molecule has 0 saturated heterocycles. The zero-order valence-electron chi connectivity index (χ0n) is 10.2. The Morgan fingerprint density at radius 2 is 1.89 bits per heavy atom. The number of benzene rings is 2. The van der Waals surface area contributed by atoms with Crippen LogP contribution in [0.25, 0.3) is 0 Å². The molecule has 1 nitrogen and oxygen atoms in total. The van der Waals surface area contributed by atoms with Crippen molar-refractivity contribution in [1.82, 2.24) is 0 Å². The molecule has 1 aliphatic carbocycles. The van der Waals surface area contributed by atoms with Crippen LogP contribution in [-0.2, 0) is 19.4 Å². The van der Waals surface area contributed by atoms with E-state index in [0.29, 0.717) is 0 Å². The molecule has 0 unspecified atom stereocenters. The Balaban J connectivity index is 1.70. The van der Waals surface area contributed by atoms with E-state index in [0.717, 1.165) is 6.54 Å². The van der Waals surface area contributed by atoms with E-state index in [9.17, 15) is 0 Å². The van der Waals surface area contributed by atoms with Gasteiger partial charge in [0.05, 0.1) is 0 Å². The fraction of sp³-hybridized carbons (Fsp3) is 0.250. The number of fused-ring (bicyclic) bond motifs is 1. The molecular formula is C16H16IN. The van der Waals surface area contributed by atoms with E-state index in [2.05, 4.69) is 70.4 Å². The summed E-state index contributed by atoms with van der Waals surface area (Å²) in [5.41, 5.74) is 5.68. The van der Waals surface area contributed by atoms with Crippen LogP contribution in [0.4, 0.5) is 5.69 Å². The SMILES string of the molecule is Ic1cccc(NCc2ccc3c(c2)CCC3)c1. The molecule has 0 bridgehead atoms. The van der Waals surface area contributed by atoms with E-state index in [-0.39, 0.29) is 0 Å². The van der Waals surface area contributed by atoms with E-state index in [1.807, 2.05) is 0 Å². The summed E-state index contributed by atoms with van der Waals surface area (Å²) >= 11 is 2.34. The second-order valence-electron chi connectivity index (χ2n) is 4.82. The van der Waals surface area contributed by atoms with Crippen molar-refractivity contribution >= 4 is 28.3 Å². The zero-order chi connectivity index (χ0) is 12.4. The van der Waals surface area contributed by atoms with Gasteiger partial charge in [-0.05, 0) is 76.7 Å². The van der Waals surface area contributed by atoms with Crippen LogP contribution in [-0.4, -0.2) is 0 Å². The van der Waals surface area contributed by atoms with Crippen molar-refractivity contribution in [3.63, 3.8) is 0 Å². The van der Waals surface area contributed by atoms with Gasteiger partial charge >= 0.3 is 0 Å². The molecular weight excluding hydrogens is 333 g/mol. The molecule has 0 amide bonds. The van der Waals surface area contributed by atoms with Crippen molar-refractivity contribution in [1.29, 1.82) is 0 Å². The molecule has 2 aromatic carbocycles. The van der Waals surface area contributed by atoms with Gasteiger partial charge in [0.2, 0.25) is 0 Å². The van der Waals surface area contributed by atoms with Crippen molar-refractivity contribution in [2.75, 3.05) is 5.32 Å². The lowest BCUT2D eigenvalue weighted by Crippen LogP contribution is -2.00. The van der Waals surface area contributed by atoms with Crippen LogP contribution in [0, 0.1) is 3.57 Å². The number of hydrogen-bond donors (Lipinski definition) is 1. The summed E-state index contributed by atoms with van der Waals surface area (Å²) in [6, 6.07) is 15.4. The number of nitrogens with one attached hydrogen (secondary N) is 1. The molecule has 0 aromatic heterocycles. The third-order valence-electron chi connectivity index (χ3n) is 3.48. The van der Waals surface area contributed by atoms with Crippen LogP contribution in [0.15, 0.2) is 42.5 Å². The summed E-state index contributed by atoms with van der Waals surface area (Å²) in [5, 5.41) is 3.49.